The molecule has 2 N–H and O–H groups in total. The third kappa shape index (κ3) is 6.61. The van der Waals surface area contributed by atoms with Gasteiger partial charge in [-0.05, 0) is 61.7 Å². The molecule has 0 radical (unpaired) electrons. The molecule has 1 heterocycles. The predicted molar refractivity (Wildman–Crippen MR) is 124 cm³/mol. The number of hydrogen-bond donors (Lipinski definition) is 2. The number of fused-ring (bicyclic) bond motifs is 1. The fourth-order valence-corrected chi connectivity index (χ4v) is 3.66. The summed E-state index contributed by atoms with van der Waals surface area (Å²) < 4.78 is 47.0. The van der Waals surface area contributed by atoms with Crippen LogP contribution in [0, 0.1) is 0 Å². The first-order valence-corrected chi connectivity index (χ1v) is 10.8. The first kappa shape index (κ1) is 26.2. The SMILES string of the molecule is CN(Cc1cc(-c2ccc(OC(F)(F)F)cc2)c2ncccc2c1C(O)CO)C(=O)OC(C)(C)C. The van der Waals surface area contributed by atoms with Gasteiger partial charge in [-0.1, -0.05) is 18.2 Å². The number of pyridine rings is 1. The molecule has 0 spiro atoms. The molecule has 0 fully saturated rings. The Balaban J connectivity index is 2.12. The van der Waals surface area contributed by atoms with Crippen molar-refractivity contribution < 1.29 is 37.7 Å². The molecule has 1 amide bonds. The van der Waals surface area contributed by atoms with Gasteiger partial charge in [-0.15, -0.1) is 13.2 Å². The largest absolute Gasteiger partial charge is 0.573 e. The second-order valence-electron chi connectivity index (χ2n) is 9.00. The van der Waals surface area contributed by atoms with Crippen LogP contribution in [0.5, 0.6) is 5.75 Å². The fourth-order valence-electron chi connectivity index (χ4n) is 3.66. The minimum Gasteiger partial charge on any atom is -0.444 e. The number of hydrogen-bond acceptors (Lipinski definition) is 6. The normalized spacial score (nSPS) is 12.9. The van der Waals surface area contributed by atoms with Crippen molar-refractivity contribution in [3.05, 3.63) is 59.8 Å². The van der Waals surface area contributed by atoms with E-state index < -0.39 is 30.8 Å². The Kier molecular flexibility index (Phi) is 7.56. The highest BCUT2D eigenvalue weighted by Gasteiger charge is 2.31. The molecule has 3 rings (SSSR count). The molecular weight excluding hydrogens is 465 g/mol. The van der Waals surface area contributed by atoms with Crippen LogP contribution >= 0.6 is 0 Å². The highest BCUT2D eigenvalue weighted by atomic mass is 19.4. The molecule has 0 aliphatic carbocycles. The van der Waals surface area contributed by atoms with E-state index in [2.05, 4.69) is 9.72 Å². The van der Waals surface area contributed by atoms with Crippen molar-refractivity contribution in [1.29, 1.82) is 0 Å². The van der Waals surface area contributed by atoms with Gasteiger partial charge in [0.2, 0.25) is 0 Å². The number of nitrogens with zero attached hydrogens (tertiary/aromatic N) is 2. The first-order chi connectivity index (χ1) is 16.3. The average Bonchev–Trinajstić information content (AvgIpc) is 2.76. The molecule has 10 heteroatoms. The van der Waals surface area contributed by atoms with Gasteiger partial charge >= 0.3 is 12.5 Å². The molecule has 2 aromatic carbocycles. The minimum atomic E-state index is -4.81. The average molecular weight is 492 g/mol. The van der Waals surface area contributed by atoms with Crippen LogP contribution in [0.1, 0.15) is 38.0 Å². The number of halogens is 3. The lowest BCUT2D eigenvalue weighted by molar-refractivity contribution is -0.274. The maximum absolute atomic E-state index is 12.6. The molecule has 0 aliphatic heterocycles. The van der Waals surface area contributed by atoms with Gasteiger partial charge in [0.25, 0.3) is 0 Å². The fraction of sp³-hybridized carbons (Fsp3) is 0.360. The summed E-state index contributed by atoms with van der Waals surface area (Å²) in [5.74, 6) is -0.365. The van der Waals surface area contributed by atoms with Gasteiger partial charge in [-0.25, -0.2) is 4.79 Å². The number of alkyl halides is 3. The second kappa shape index (κ2) is 10.1. The molecule has 188 valence electrons. The molecule has 35 heavy (non-hydrogen) atoms. The highest BCUT2D eigenvalue weighted by Crippen LogP contribution is 2.36. The molecule has 1 unspecified atom stereocenters. The topological polar surface area (TPSA) is 92.1 Å². The Hall–Kier alpha value is -3.37. The van der Waals surface area contributed by atoms with Crippen molar-refractivity contribution in [3.63, 3.8) is 0 Å². The van der Waals surface area contributed by atoms with Crippen molar-refractivity contribution in [2.75, 3.05) is 13.7 Å². The lowest BCUT2D eigenvalue weighted by atomic mass is 9.91. The molecule has 7 nitrogen and oxygen atoms in total. The molecule has 0 bridgehead atoms. The van der Waals surface area contributed by atoms with Crippen LogP contribution < -0.4 is 4.74 Å². The van der Waals surface area contributed by atoms with Crippen LogP contribution in [-0.4, -0.2) is 51.8 Å². The van der Waals surface area contributed by atoms with E-state index in [-0.39, 0.29) is 12.3 Å². The highest BCUT2D eigenvalue weighted by molar-refractivity contribution is 5.97. The van der Waals surface area contributed by atoms with Gasteiger partial charge in [0.05, 0.1) is 12.1 Å². The van der Waals surface area contributed by atoms with Gasteiger partial charge < -0.3 is 24.6 Å². The number of aromatic nitrogens is 1. The lowest BCUT2D eigenvalue weighted by Gasteiger charge is -2.26. The number of benzene rings is 2. The summed E-state index contributed by atoms with van der Waals surface area (Å²) in [6.07, 6.45) is -5.09. The summed E-state index contributed by atoms with van der Waals surface area (Å²) in [5, 5.41) is 20.8. The summed E-state index contributed by atoms with van der Waals surface area (Å²) in [6.45, 7) is 4.70. The zero-order valence-corrected chi connectivity index (χ0v) is 19.8. The van der Waals surface area contributed by atoms with Crippen LogP contribution in [0.3, 0.4) is 0 Å². The monoisotopic (exact) mass is 492 g/mol. The Bertz CT molecular complexity index is 1190. The van der Waals surface area contributed by atoms with Crippen LogP contribution in [0.4, 0.5) is 18.0 Å². The van der Waals surface area contributed by atoms with Crippen LogP contribution in [0.15, 0.2) is 48.7 Å². The van der Waals surface area contributed by atoms with E-state index in [1.807, 2.05) is 0 Å². The number of carbonyl (C=O) groups is 1. The molecule has 1 atom stereocenters. The van der Waals surface area contributed by atoms with E-state index in [4.69, 9.17) is 4.74 Å². The number of aliphatic hydroxyl groups excluding tert-OH is 2. The summed E-state index contributed by atoms with van der Waals surface area (Å²) in [4.78, 5) is 18.3. The van der Waals surface area contributed by atoms with E-state index >= 15 is 0 Å². The molecule has 0 saturated heterocycles. The number of ether oxygens (including phenoxy) is 2. The van der Waals surface area contributed by atoms with Gasteiger partial charge in [-0.2, -0.15) is 0 Å². The lowest BCUT2D eigenvalue weighted by Crippen LogP contribution is -2.34. The summed E-state index contributed by atoms with van der Waals surface area (Å²) >= 11 is 0. The van der Waals surface area contributed by atoms with Gasteiger partial charge in [0, 0.05) is 30.7 Å². The van der Waals surface area contributed by atoms with Gasteiger partial charge in [-0.3, -0.25) is 4.98 Å². The van der Waals surface area contributed by atoms with Crippen molar-refractivity contribution in [1.82, 2.24) is 9.88 Å². The summed E-state index contributed by atoms with van der Waals surface area (Å²) in [7, 11) is 1.54. The standard InChI is InChI=1S/C25H27F3N2O5/c1-24(2,3)35-23(33)30(4)13-16-12-19(15-7-9-17(10-8-15)34-25(26,27)28)22-18(6-5-11-29-22)21(16)20(32)14-31/h5-12,20,31-32H,13-14H2,1-4H3. The smallest absolute Gasteiger partial charge is 0.444 e. The Morgan fingerprint density at radius 3 is 2.37 bits per heavy atom. The van der Waals surface area contributed by atoms with E-state index in [0.717, 1.165) is 0 Å². The zero-order chi connectivity index (χ0) is 26.0. The Morgan fingerprint density at radius 1 is 1.14 bits per heavy atom. The third-order valence-corrected chi connectivity index (χ3v) is 5.04. The predicted octanol–water partition coefficient (Wildman–Crippen LogP) is 5.19. The quantitative estimate of drug-likeness (QED) is 0.492. The van der Waals surface area contributed by atoms with Crippen LogP contribution in [-0.2, 0) is 11.3 Å². The maximum atomic E-state index is 12.6. The molecule has 0 saturated carbocycles. The molecule has 1 aromatic heterocycles. The van der Waals surface area contributed by atoms with Crippen molar-refractivity contribution in [3.8, 4) is 16.9 Å². The number of aliphatic hydroxyl groups is 2. The van der Waals surface area contributed by atoms with E-state index in [1.54, 1.807) is 52.2 Å². The van der Waals surface area contributed by atoms with E-state index in [9.17, 15) is 28.2 Å². The summed E-state index contributed by atoms with van der Waals surface area (Å²) in [5.41, 5.74) is 1.80. The maximum Gasteiger partial charge on any atom is 0.573 e. The molecular formula is C25H27F3N2O5. The second-order valence-corrected chi connectivity index (χ2v) is 9.00. The van der Waals surface area contributed by atoms with Crippen molar-refractivity contribution in [2.24, 2.45) is 0 Å². The van der Waals surface area contributed by atoms with E-state index in [1.165, 1.54) is 29.2 Å². The molecule has 3 aromatic rings. The number of amides is 1. The molecule has 0 aliphatic rings. The van der Waals surface area contributed by atoms with E-state index in [0.29, 0.717) is 33.2 Å². The Labute approximate surface area is 200 Å². The summed E-state index contributed by atoms with van der Waals surface area (Å²) in [6, 6.07) is 10.4. The van der Waals surface area contributed by atoms with Gasteiger partial charge in [0.15, 0.2) is 0 Å². The minimum absolute atomic E-state index is 0.0361. The van der Waals surface area contributed by atoms with Gasteiger partial charge in [0.1, 0.15) is 17.5 Å². The van der Waals surface area contributed by atoms with Crippen molar-refractivity contribution >= 4 is 17.0 Å². The third-order valence-electron chi connectivity index (χ3n) is 5.04. The number of rotatable bonds is 6. The van der Waals surface area contributed by atoms with Crippen LogP contribution in [0.2, 0.25) is 0 Å². The first-order valence-electron chi connectivity index (χ1n) is 10.8. The zero-order valence-electron chi connectivity index (χ0n) is 19.8. The number of carbonyl (C=O) groups excluding carboxylic acids is 1. The Morgan fingerprint density at radius 2 is 1.80 bits per heavy atom. The van der Waals surface area contributed by atoms with Crippen molar-refractivity contribution in [2.45, 2.75) is 45.4 Å². The van der Waals surface area contributed by atoms with Crippen LogP contribution in [0.25, 0.3) is 22.0 Å².